The van der Waals surface area contributed by atoms with Crippen LogP contribution in [-0.2, 0) is 0 Å². The van der Waals surface area contributed by atoms with Crippen LogP contribution in [0, 0.1) is 5.41 Å². The predicted octanol–water partition coefficient (Wildman–Crippen LogP) is 1.89. The second-order valence-corrected chi connectivity index (χ2v) is 3.90. The number of hydrogen-bond acceptors (Lipinski definition) is 2. The molecular weight excluding hydrogens is 164 g/mol. The molecule has 76 valence electrons. The topological polar surface area (TPSA) is 40.5 Å². The summed E-state index contributed by atoms with van der Waals surface area (Å²) in [5, 5.41) is 19.4. The minimum Gasteiger partial charge on any atom is -0.392 e. The van der Waals surface area contributed by atoms with Crippen molar-refractivity contribution in [3.63, 3.8) is 0 Å². The van der Waals surface area contributed by atoms with Gasteiger partial charge in [-0.05, 0) is 12.8 Å². The van der Waals surface area contributed by atoms with Gasteiger partial charge in [0.15, 0.2) is 0 Å². The Bertz CT molecular complexity index is 155. The number of aliphatic hydroxyl groups is 2. The maximum absolute atomic E-state index is 9.71. The van der Waals surface area contributed by atoms with E-state index < -0.39 is 17.6 Å². The van der Waals surface area contributed by atoms with Gasteiger partial charge in [0.1, 0.15) is 0 Å². The van der Waals surface area contributed by atoms with Crippen molar-refractivity contribution in [3.8, 4) is 0 Å². The molecule has 0 bridgehead atoms. The molecule has 0 unspecified atom stereocenters. The van der Waals surface area contributed by atoms with Crippen molar-refractivity contribution >= 4 is 0 Å². The van der Waals surface area contributed by atoms with Crippen molar-refractivity contribution in [3.05, 3.63) is 25.3 Å². The standard InChI is InChI=1S/C11H20O2/c1-5-7-9(12)11(3,4)10(13)8-6-2/h5-6,9-10,12-13H,1-2,7-8H2,3-4H3/t9-,10-/m0/s1. The van der Waals surface area contributed by atoms with Gasteiger partial charge in [-0.3, -0.25) is 0 Å². The summed E-state index contributed by atoms with van der Waals surface area (Å²) in [6, 6.07) is 0. The van der Waals surface area contributed by atoms with E-state index in [0.29, 0.717) is 12.8 Å². The van der Waals surface area contributed by atoms with Gasteiger partial charge in [-0.2, -0.15) is 0 Å². The van der Waals surface area contributed by atoms with Gasteiger partial charge in [0, 0.05) is 5.41 Å². The first-order valence-corrected chi connectivity index (χ1v) is 4.54. The maximum Gasteiger partial charge on any atom is 0.0650 e. The maximum atomic E-state index is 9.71. The van der Waals surface area contributed by atoms with Crippen molar-refractivity contribution in [2.24, 2.45) is 5.41 Å². The number of hydrogen-bond donors (Lipinski definition) is 2. The Morgan fingerprint density at radius 3 is 1.62 bits per heavy atom. The molecule has 0 saturated heterocycles. The van der Waals surface area contributed by atoms with Gasteiger partial charge in [0.2, 0.25) is 0 Å². The SMILES string of the molecule is C=CC[C@H](O)C(C)(C)[C@@H](O)CC=C. The number of aliphatic hydroxyl groups excluding tert-OH is 2. The molecule has 0 amide bonds. The van der Waals surface area contributed by atoms with Crippen molar-refractivity contribution in [1.29, 1.82) is 0 Å². The van der Waals surface area contributed by atoms with Crippen molar-refractivity contribution in [2.75, 3.05) is 0 Å². The van der Waals surface area contributed by atoms with Gasteiger partial charge < -0.3 is 10.2 Å². The highest BCUT2D eigenvalue weighted by molar-refractivity contribution is 4.91. The monoisotopic (exact) mass is 184 g/mol. The van der Waals surface area contributed by atoms with Crippen LogP contribution in [0.5, 0.6) is 0 Å². The molecule has 0 heterocycles. The summed E-state index contributed by atoms with van der Waals surface area (Å²) in [4.78, 5) is 0. The Balaban J connectivity index is 4.33. The third kappa shape index (κ3) is 3.33. The first kappa shape index (κ1) is 12.4. The Kier molecular flexibility index (Phi) is 4.96. The lowest BCUT2D eigenvalue weighted by atomic mass is 9.78. The van der Waals surface area contributed by atoms with Crippen LogP contribution < -0.4 is 0 Å². The predicted molar refractivity (Wildman–Crippen MR) is 55.4 cm³/mol. The molecule has 0 fully saturated rings. The summed E-state index contributed by atoms with van der Waals surface area (Å²) in [7, 11) is 0. The van der Waals surface area contributed by atoms with Gasteiger partial charge in [0.25, 0.3) is 0 Å². The van der Waals surface area contributed by atoms with Crippen LogP contribution in [0.15, 0.2) is 25.3 Å². The van der Waals surface area contributed by atoms with Crippen LogP contribution in [0.1, 0.15) is 26.7 Å². The van der Waals surface area contributed by atoms with Crippen LogP contribution in [-0.4, -0.2) is 22.4 Å². The molecule has 0 aliphatic rings. The third-order valence-electron chi connectivity index (χ3n) is 2.50. The van der Waals surface area contributed by atoms with Crippen molar-refractivity contribution in [1.82, 2.24) is 0 Å². The molecule has 0 spiro atoms. The molecule has 0 saturated carbocycles. The van der Waals surface area contributed by atoms with E-state index in [0.717, 1.165) is 0 Å². The Labute approximate surface area is 80.6 Å². The molecule has 0 aliphatic carbocycles. The van der Waals surface area contributed by atoms with Gasteiger partial charge in [-0.15, -0.1) is 13.2 Å². The fraction of sp³-hybridized carbons (Fsp3) is 0.636. The van der Waals surface area contributed by atoms with Crippen LogP contribution in [0.2, 0.25) is 0 Å². The second kappa shape index (κ2) is 5.20. The fourth-order valence-corrected chi connectivity index (χ4v) is 1.15. The first-order valence-electron chi connectivity index (χ1n) is 4.54. The molecule has 2 N–H and O–H groups in total. The van der Waals surface area contributed by atoms with Crippen molar-refractivity contribution in [2.45, 2.75) is 38.9 Å². The van der Waals surface area contributed by atoms with E-state index in [2.05, 4.69) is 13.2 Å². The highest BCUT2D eigenvalue weighted by Crippen LogP contribution is 2.29. The second-order valence-electron chi connectivity index (χ2n) is 3.90. The fourth-order valence-electron chi connectivity index (χ4n) is 1.15. The van der Waals surface area contributed by atoms with E-state index in [1.165, 1.54) is 0 Å². The Morgan fingerprint density at radius 2 is 1.38 bits per heavy atom. The highest BCUT2D eigenvalue weighted by atomic mass is 16.3. The van der Waals surface area contributed by atoms with Gasteiger partial charge in [-0.25, -0.2) is 0 Å². The van der Waals surface area contributed by atoms with E-state index >= 15 is 0 Å². The summed E-state index contributed by atoms with van der Waals surface area (Å²) in [5.41, 5.74) is -0.512. The van der Waals surface area contributed by atoms with E-state index in [1.807, 2.05) is 13.8 Å². The van der Waals surface area contributed by atoms with E-state index in [1.54, 1.807) is 12.2 Å². The summed E-state index contributed by atoms with van der Waals surface area (Å²) in [6.07, 6.45) is 3.21. The average molecular weight is 184 g/mol. The molecule has 0 aromatic heterocycles. The summed E-state index contributed by atoms with van der Waals surface area (Å²) >= 11 is 0. The lowest BCUT2D eigenvalue weighted by molar-refractivity contribution is -0.0437. The zero-order chi connectivity index (χ0) is 10.5. The summed E-state index contributed by atoms with van der Waals surface area (Å²) in [5.74, 6) is 0. The largest absolute Gasteiger partial charge is 0.392 e. The lowest BCUT2D eigenvalue weighted by Crippen LogP contribution is -2.39. The van der Waals surface area contributed by atoms with E-state index in [4.69, 9.17) is 0 Å². The summed E-state index contributed by atoms with van der Waals surface area (Å²) < 4.78 is 0. The summed E-state index contributed by atoms with van der Waals surface area (Å²) in [6.45, 7) is 10.8. The van der Waals surface area contributed by atoms with E-state index in [9.17, 15) is 10.2 Å². The minimum absolute atomic E-state index is 0.501. The van der Waals surface area contributed by atoms with Gasteiger partial charge in [0.05, 0.1) is 12.2 Å². The molecule has 0 rings (SSSR count). The molecule has 2 atom stereocenters. The van der Waals surface area contributed by atoms with Crippen LogP contribution in [0.25, 0.3) is 0 Å². The normalized spacial score (nSPS) is 16.3. The van der Waals surface area contributed by atoms with Crippen molar-refractivity contribution < 1.29 is 10.2 Å². The highest BCUT2D eigenvalue weighted by Gasteiger charge is 2.33. The smallest absolute Gasteiger partial charge is 0.0650 e. The van der Waals surface area contributed by atoms with Gasteiger partial charge in [-0.1, -0.05) is 26.0 Å². The first-order chi connectivity index (χ1) is 5.96. The molecule has 0 aliphatic heterocycles. The average Bonchev–Trinajstić information content (AvgIpc) is 2.05. The molecule has 0 aromatic carbocycles. The third-order valence-corrected chi connectivity index (χ3v) is 2.50. The Morgan fingerprint density at radius 1 is 1.08 bits per heavy atom. The molecule has 0 radical (unpaired) electrons. The molecule has 2 heteroatoms. The number of rotatable bonds is 6. The van der Waals surface area contributed by atoms with E-state index in [-0.39, 0.29) is 0 Å². The zero-order valence-electron chi connectivity index (χ0n) is 8.53. The van der Waals surface area contributed by atoms with Crippen LogP contribution in [0.4, 0.5) is 0 Å². The molecule has 0 aromatic rings. The lowest BCUT2D eigenvalue weighted by Gasteiger charge is -2.34. The van der Waals surface area contributed by atoms with Crippen LogP contribution in [0.3, 0.4) is 0 Å². The Hall–Kier alpha value is -0.600. The molecule has 13 heavy (non-hydrogen) atoms. The molecular formula is C11H20O2. The zero-order valence-corrected chi connectivity index (χ0v) is 8.53. The quantitative estimate of drug-likeness (QED) is 0.619. The minimum atomic E-state index is -0.556. The van der Waals surface area contributed by atoms with Crippen LogP contribution >= 0.6 is 0 Å². The molecule has 2 nitrogen and oxygen atoms in total. The van der Waals surface area contributed by atoms with Gasteiger partial charge >= 0.3 is 0 Å².